The van der Waals surface area contributed by atoms with Gasteiger partial charge in [-0.3, -0.25) is 0 Å². The van der Waals surface area contributed by atoms with Crippen molar-refractivity contribution >= 4 is 23.8 Å². The van der Waals surface area contributed by atoms with Crippen molar-refractivity contribution in [2.75, 3.05) is 41.3 Å². The normalized spacial score (nSPS) is 16.0. The Bertz CT molecular complexity index is 1520. The highest BCUT2D eigenvalue weighted by Gasteiger charge is 2.39. The molecule has 0 heterocycles. The van der Waals surface area contributed by atoms with Gasteiger partial charge in [-0.15, -0.1) is 0 Å². The zero-order valence-corrected chi connectivity index (χ0v) is 30.4. The van der Waals surface area contributed by atoms with E-state index in [0.717, 1.165) is 34.4 Å². The molecule has 0 saturated heterocycles. The van der Waals surface area contributed by atoms with Gasteiger partial charge in [-0.05, 0) is 99.7 Å². The maximum atomic E-state index is 13.8. The first-order valence-electron chi connectivity index (χ1n) is 16.4. The molecule has 0 fully saturated rings. The average Bonchev–Trinajstić information content (AvgIpc) is 3.04. The molecule has 6 heteroatoms. The Morgan fingerprint density at radius 3 is 1.42 bits per heavy atom. The van der Waals surface area contributed by atoms with Gasteiger partial charge < -0.3 is 20.0 Å². The topological polar surface area (TPSA) is 46.9 Å². The van der Waals surface area contributed by atoms with Gasteiger partial charge in [0.05, 0.1) is 0 Å². The van der Waals surface area contributed by atoms with Crippen LogP contribution in [0.15, 0.2) is 120 Å². The smallest absolute Gasteiger partial charge is 0.123 e. The summed E-state index contributed by atoms with van der Waals surface area (Å²) in [5.74, 6) is -0.435. The maximum Gasteiger partial charge on any atom is 0.123 e. The lowest BCUT2D eigenvalue weighted by Crippen LogP contribution is -2.40. The zero-order valence-electron chi connectivity index (χ0n) is 29.7. The van der Waals surface area contributed by atoms with E-state index in [-0.39, 0.29) is 17.7 Å². The fourth-order valence-corrected chi connectivity index (χ4v) is 6.62. The third kappa shape index (κ3) is 10.2. The van der Waals surface area contributed by atoms with Crippen LogP contribution in [-0.4, -0.2) is 61.3 Å². The summed E-state index contributed by atoms with van der Waals surface area (Å²) in [6, 6.07) is 33.7. The number of rotatable bonds is 12. The van der Waals surface area contributed by atoms with Crippen molar-refractivity contribution in [2.24, 2.45) is 11.8 Å². The molecule has 0 aliphatic rings. The Morgan fingerprint density at radius 2 is 1.04 bits per heavy atom. The highest BCUT2D eigenvalue weighted by molar-refractivity contribution is 6.30. The molecule has 4 atom stereocenters. The largest absolute Gasteiger partial charge is 0.380 e. The lowest BCUT2D eigenvalue weighted by Gasteiger charge is -2.37. The number of hydrogen-bond acceptors (Lipinski definition) is 4. The van der Waals surface area contributed by atoms with Crippen molar-refractivity contribution in [1.29, 1.82) is 0 Å². The molecule has 4 aromatic carbocycles. The van der Waals surface area contributed by atoms with E-state index in [4.69, 9.17) is 11.6 Å². The third-order valence-corrected chi connectivity index (χ3v) is 9.04. The summed E-state index contributed by atoms with van der Waals surface area (Å²) in [5, 5.41) is 23.9. The minimum Gasteiger partial charge on any atom is -0.380 e. The predicted molar refractivity (Wildman–Crippen MR) is 201 cm³/mol. The molecule has 2 N–H and O–H groups in total. The number of aliphatic hydroxyl groups is 2. The summed E-state index contributed by atoms with van der Waals surface area (Å²) >= 11 is 6.19. The van der Waals surface area contributed by atoms with Gasteiger partial charge >= 0.3 is 0 Å². The number of halogens is 2. The van der Waals surface area contributed by atoms with Gasteiger partial charge in [-0.1, -0.05) is 123 Å². The number of benzene rings is 4. The summed E-state index contributed by atoms with van der Waals surface area (Å²) in [6.45, 7) is 9.41. The van der Waals surface area contributed by atoms with Gasteiger partial charge in [0.15, 0.2) is 0 Å². The molecule has 0 spiro atoms. The Hall–Kier alpha value is -3.58. The minimum absolute atomic E-state index is 0.00549. The van der Waals surface area contributed by atoms with Crippen molar-refractivity contribution in [3.8, 4) is 0 Å². The average molecular weight is 671 g/mol. The standard InChI is InChI=1S/C21H26ClNO.C21H26FNO/c2*1-16(13-18-9-6-5-7-10-18)21(24,17(2)15-23(3)4)19-11-8-12-20(22)14-19/h2*5-14,17,24H,15H2,1-4H3. The Kier molecular flexibility index (Phi) is 14.3. The fraction of sp³-hybridized carbons (Fsp3) is 0.333. The van der Waals surface area contributed by atoms with Gasteiger partial charge in [0.25, 0.3) is 0 Å². The zero-order chi connectivity index (χ0) is 35.5. The summed E-state index contributed by atoms with van der Waals surface area (Å²) in [7, 11) is 7.98. The second-order valence-electron chi connectivity index (χ2n) is 13.4. The van der Waals surface area contributed by atoms with E-state index in [1.165, 1.54) is 12.1 Å². The molecule has 256 valence electrons. The van der Waals surface area contributed by atoms with Crippen LogP contribution in [0.3, 0.4) is 0 Å². The molecular formula is C42H52ClFN2O2. The SMILES string of the molecule is CC(=Cc1ccccc1)C(O)(c1cccc(Cl)c1)C(C)CN(C)C.CC(=Cc1ccccc1)C(O)(c1cccc(F)c1)C(C)CN(C)C. The van der Waals surface area contributed by atoms with Gasteiger partial charge in [0.1, 0.15) is 17.0 Å². The quantitative estimate of drug-likeness (QED) is 0.158. The van der Waals surface area contributed by atoms with Crippen LogP contribution in [0.1, 0.15) is 49.9 Å². The van der Waals surface area contributed by atoms with Crippen LogP contribution < -0.4 is 0 Å². The van der Waals surface area contributed by atoms with E-state index >= 15 is 0 Å². The van der Waals surface area contributed by atoms with Crippen LogP contribution in [-0.2, 0) is 11.2 Å². The van der Waals surface area contributed by atoms with E-state index in [1.807, 2.05) is 151 Å². The van der Waals surface area contributed by atoms with Crippen molar-refractivity contribution in [1.82, 2.24) is 9.80 Å². The lowest BCUT2D eigenvalue weighted by molar-refractivity contribution is 0.0102. The van der Waals surface area contributed by atoms with Gasteiger partial charge in [-0.25, -0.2) is 4.39 Å². The molecule has 4 aromatic rings. The van der Waals surface area contributed by atoms with Crippen molar-refractivity contribution in [3.63, 3.8) is 0 Å². The van der Waals surface area contributed by atoms with E-state index in [2.05, 4.69) is 11.8 Å². The molecule has 4 unspecified atom stereocenters. The monoisotopic (exact) mass is 670 g/mol. The van der Waals surface area contributed by atoms with E-state index in [0.29, 0.717) is 17.1 Å². The second-order valence-corrected chi connectivity index (χ2v) is 13.8. The summed E-state index contributed by atoms with van der Waals surface area (Å²) in [5.41, 5.74) is 2.90. The third-order valence-electron chi connectivity index (χ3n) is 8.80. The molecule has 0 aromatic heterocycles. The molecule has 0 saturated carbocycles. The number of hydrogen-bond donors (Lipinski definition) is 2. The van der Waals surface area contributed by atoms with Gasteiger partial charge in [-0.2, -0.15) is 0 Å². The Morgan fingerprint density at radius 1 is 0.646 bits per heavy atom. The lowest BCUT2D eigenvalue weighted by atomic mass is 9.76. The second kappa shape index (κ2) is 17.7. The highest BCUT2D eigenvalue weighted by Crippen LogP contribution is 2.40. The van der Waals surface area contributed by atoms with Gasteiger partial charge in [0.2, 0.25) is 0 Å². The van der Waals surface area contributed by atoms with Crippen molar-refractivity contribution < 1.29 is 14.6 Å². The predicted octanol–water partition coefficient (Wildman–Crippen LogP) is 9.14. The molecule has 0 aliphatic carbocycles. The van der Waals surface area contributed by atoms with Crippen LogP contribution in [0.4, 0.5) is 4.39 Å². The molecule has 4 nitrogen and oxygen atoms in total. The Balaban J connectivity index is 0.000000260. The van der Waals surface area contributed by atoms with Crippen LogP contribution >= 0.6 is 11.6 Å². The summed E-state index contributed by atoms with van der Waals surface area (Å²) in [6.07, 6.45) is 4.02. The van der Waals surface area contributed by atoms with Crippen molar-refractivity contribution in [3.05, 3.63) is 153 Å². The molecule has 48 heavy (non-hydrogen) atoms. The maximum absolute atomic E-state index is 13.8. The molecule has 0 radical (unpaired) electrons. The fourth-order valence-electron chi connectivity index (χ4n) is 6.43. The first-order chi connectivity index (χ1) is 22.7. The van der Waals surface area contributed by atoms with Crippen molar-refractivity contribution in [2.45, 2.75) is 38.9 Å². The Labute approximate surface area is 292 Å². The first kappa shape index (κ1) is 38.9. The molecular weight excluding hydrogens is 619 g/mol. The van der Waals surface area contributed by atoms with Crippen LogP contribution in [0.2, 0.25) is 5.02 Å². The van der Waals surface area contributed by atoms with Crippen LogP contribution in [0, 0.1) is 17.7 Å². The van der Waals surface area contributed by atoms with E-state index < -0.39 is 11.2 Å². The van der Waals surface area contributed by atoms with Crippen LogP contribution in [0.5, 0.6) is 0 Å². The van der Waals surface area contributed by atoms with Crippen LogP contribution in [0.25, 0.3) is 12.2 Å². The molecule has 0 amide bonds. The highest BCUT2D eigenvalue weighted by atomic mass is 35.5. The minimum atomic E-state index is -1.23. The summed E-state index contributed by atoms with van der Waals surface area (Å²) in [4.78, 5) is 4.13. The molecule has 0 aliphatic heterocycles. The van der Waals surface area contributed by atoms with Gasteiger partial charge in [0, 0.05) is 29.9 Å². The first-order valence-corrected chi connectivity index (χ1v) is 16.8. The molecule has 0 bridgehead atoms. The summed E-state index contributed by atoms with van der Waals surface area (Å²) < 4.78 is 13.8. The van der Waals surface area contributed by atoms with E-state index in [9.17, 15) is 14.6 Å². The van der Waals surface area contributed by atoms with E-state index in [1.54, 1.807) is 12.1 Å². The molecule has 4 rings (SSSR count). The number of nitrogens with zero attached hydrogens (tertiary/aromatic N) is 2.